The summed E-state index contributed by atoms with van der Waals surface area (Å²) < 4.78 is 40.7. The predicted molar refractivity (Wildman–Crippen MR) is 85.9 cm³/mol. The van der Waals surface area contributed by atoms with E-state index in [1.807, 2.05) is 0 Å². The minimum Gasteiger partial charge on any atom is -0.358 e. The van der Waals surface area contributed by atoms with Crippen LogP contribution in [0, 0.1) is 10.1 Å². The van der Waals surface area contributed by atoms with Crippen molar-refractivity contribution in [1.29, 1.82) is 0 Å². The number of carbonyl (C=O) groups excluding carboxylic acids is 1. The van der Waals surface area contributed by atoms with Crippen molar-refractivity contribution in [3.63, 3.8) is 0 Å². The van der Waals surface area contributed by atoms with Gasteiger partial charge in [-0.05, 0) is 11.0 Å². The van der Waals surface area contributed by atoms with E-state index in [9.17, 15) is 28.1 Å². The van der Waals surface area contributed by atoms with Gasteiger partial charge in [-0.2, -0.15) is 13.2 Å². The smallest absolute Gasteiger partial charge is 0.358 e. The standard InChI is InChI=1S/C13H18F3N5O3.ClH/c1-19-9(2-3-11(19)21(23)24)12(22)18-8-10(13(14,15)16)20-6-4-17-5-7-20;/h2-3,10,17H,4-8H2,1H3,(H,18,22);1H. The van der Waals surface area contributed by atoms with Crippen LogP contribution in [0.25, 0.3) is 0 Å². The van der Waals surface area contributed by atoms with Crippen molar-refractivity contribution in [1.82, 2.24) is 20.1 Å². The third kappa shape index (κ3) is 5.06. The van der Waals surface area contributed by atoms with E-state index in [0.29, 0.717) is 13.1 Å². The molecule has 1 fully saturated rings. The van der Waals surface area contributed by atoms with Gasteiger partial charge in [-0.3, -0.25) is 9.69 Å². The second kappa shape index (κ2) is 8.50. The summed E-state index contributed by atoms with van der Waals surface area (Å²) in [6.07, 6.45) is -4.48. The molecule has 1 saturated heterocycles. The topological polar surface area (TPSA) is 92.4 Å². The van der Waals surface area contributed by atoms with E-state index in [0.717, 1.165) is 10.6 Å². The molecular formula is C13H19ClF3N5O3. The molecule has 0 radical (unpaired) electrons. The maximum absolute atomic E-state index is 13.2. The Balaban J connectivity index is 0.00000312. The van der Waals surface area contributed by atoms with E-state index in [-0.39, 0.29) is 37.0 Å². The first-order chi connectivity index (χ1) is 11.2. The molecule has 2 heterocycles. The zero-order chi connectivity index (χ0) is 17.9. The summed E-state index contributed by atoms with van der Waals surface area (Å²) in [4.78, 5) is 23.4. The largest absolute Gasteiger partial charge is 0.405 e. The fourth-order valence-electron chi connectivity index (χ4n) is 2.64. The third-order valence-corrected chi connectivity index (χ3v) is 3.94. The van der Waals surface area contributed by atoms with Crippen molar-refractivity contribution in [2.75, 3.05) is 32.7 Å². The Labute approximate surface area is 147 Å². The first kappa shape index (κ1) is 21.2. The van der Waals surface area contributed by atoms with Crippen LogP contribution in [-0.4, -0.2) is 65.2 Å². The molecule has 2 N–H and O–H groups in total. The molecule has 8 nitrogen and oxygen atoms in total. The molecule has 1 amide bonds. The van der Waals surface area contributed by atoms with Crippen molar-refractivity contribution in [2.24, 2.45) is 7.05 Å². The summed E-state index contributed by atoms with van der Waals surface area (Å²) in [5.74, 6) is -1.09. The van der Waals surface area contributed by atoms with Gasteiger partial charge in [-0.1, -0.05) is 0 Å². The molecule has 1 aromatic heterocycles. The van der Waals surface area contributed by atoms with E-state index in [2.05, 4.69) is 10.6 Å². The quantitative estimate of drug-likeness (QED) is 0.581. The fourth-order valence-corrected chi connectivity index (χ4v) is 2.64. The SMILES string of the molecule is Cl.Cn1c(C(=O)NCC(N2CCNCC2)C(F)(F)F)ccc1[N+](=O)[O-]. The zero-order valence-corrected chi connectivity index (χ0v) is 14.2. The van der Waals surface area contributed by atoms with Crippen LogP contribution in [0.2, 0.25) is 0 Å². The Hall–Kier alpha value is -1.85. The van der Waals surface area contributed by atoms with E-state index < -0.39 is 29.6 Å². The third-order valence-electron chi connectivity index (χ3n) is 3.94. The minimum atomic E-state index is -4.48. The lowest BCUT2D eigenvalue weighted by atomic mass is 10.2. The number of rotatable bonds is 5. The lowest BCUT2D eigenvalue weighted by Gasteiger charge is -2.35. The normalized spacial score (nSPS) is 16.8. The number of aromatic nitrogens is 1. The van der Waals surface area contributed by atoms with Gasteiger partial charge in [0.2, 0.25) is 0 Å². The molecule has 1 aliphatic rings. The molecule has 0 aromatic carbocycles. The molecule has 12 heteroatoms. The summed E-state index contributed by atoms with van der Waals surface area (Å²) in [5.41, 5.74) is -0.0667. The molecular weight excluding hydrogens is 367 g/mol. The molecule has 1 unspecified atom stereocenters. The monoisotopic (exact) mass is 385 g/mol. The Morgan fingerprint density at radius 1 is 1.40 bits per heavy atom. The average Bonchev–Trinajstić information content (AvgIpc) is 2.89. The lowest BCUT2D eigenvalue weighted by Crippen LogP contribution is -2.57. The Bertz CT molecular complexity index is 617. The number of piperazine rings is 1. The Morgan fingerprint density at radius 2 is 2.00 bits per heavy atom. The van der Waals surface area contributed by atoms with E-state index >= 15 is 0 Å². The van der Waals surface area contributed by atoms with E-state index in [1.54, 1.807) is 0 Å². The predicted octanol–water partition coefficient (Wildman–Crippen LogP) is 0.921. The van der Waals surface area contributed by atoms with Crippen molar-refractivity contribution < 1.29 is 22.9 Å². The lowest BCUT2D eigenvalue weighted by molar-refractivity contribution is -0.391. The number of amides is 1. The van der Waals surface area contributed by atoms with Crippen molar-refractivity contribution in [3.05, 3.63) is 27.9 Å². The molecule has 142 valence electrons. The van der Waals surface area contributed by atoms with Crippen molar-refractivity contribution >= 4 is 24.1 Å². The first-order valence-corrected chi connectivity index (χ1v) is 7.31. The van der Waals surface area contributed by atoms with E-state index in [4.69, 9.17) is 0 Å². The fraction of sp³-hybridized carbons (Fsp3) is 0.615. The van der Waals surface area contributed by atoms with Gasteiger partial charge in [-0.15, -0.1) is 12.4 Å². The number of halogens is 4. The second-order valence-electron chi connectivity index (χ2n) is 5.45. The van der Waals surface area contributed by atoms with Crippen LogP contribution in [0.5, 0.6) is 0 Å². The van der Waals surface area contributed by atoms with E-state index in [1.165, 1.54) is 18.0 Å². The molecule has 1 aromatic rings. The molecule has 0 saturated carbocycles. The van der Waals surface area contributed by atoms with Gasteiger partial charge in [0.15, 0.2) is 5.69 Å². The number of alkyl halides is 3. The average molecular weight is 386 g/mol. The van der Waals surface area contributed by atoms with Gasteiger partial charge in [0.1, 0.15) is 6.04 Å². The van der Waals surface area contributed by atoms with Crippen LogP contribution in [0.4, 0.5) is 19.0 Å². The second-order valence-corrected chi connectivity index (χ2v) is 5.45. The number of hydrogen-bond acceptors (Lipinski definition) is 5. The van der Waals surface area contributed by atoms with Gasteiger partial charge in [0.05, 0.1) is 7.05 Å². The zero-order valence-electron chi connectivity index (χ0n) is 13.4. The van der Waals surface area contributed by atoms with Gasteiger partial charge >= 0.3 is 12.0 Å². The van der Waals surface area contributed by atoms with Gasteiger partial charge in [-0.25, -0.2) is 4.57 Å². The summed E-state index contributed by atoms with van der Waals surface area (Å²) in [5, 5.41) is 16.0. The Morgan fingerprint density at radius 3 is 2.48 bits per heavy atom. The van der Waals surface area contributed by atoms with Crippen LogP contribution >= 0.6 is 12.4 Å². The highest BCUT2D eigenvalue weighted by atomic mass is 35.5. The summed E-state index contributed by atoms with van der Waals surface area (Å²) >= 11 is 0. The highest BCUT2D eigenvalue weighted by Crippen LogP contribution is 2.25. The molecule has 1 atom stereocenters. The summed E-state index contributed by atoms with van der Waals surface area (Å²) in [7, 11) is 1.31. The van der Waals surface area contributed by atoms with Crippen LogP contribution < -0.4 is 10.6 Å². The Kier molecular flexibility index (Phi) is 7.20. The first-order valence-electron chi connectivity index (χ1n) is 7.31. The van der Waals surface area contributed by atoms with Crippen LogP contribution in [0.1, 0.15) is 10.5 Å². The van der Waals surface area contributed by atoms with Gasteiger partial charge in [0.25, 0.3) is 5.91 Å². The van der Waals surface area contributed by atoms with Crippen molar-refractivity contribution in [2.45, 2.75) is 12.2 Å². The highest BCUT2D eigenvalue weighted by molar-refractivity contribution is 5.93. The van der Waals surface area contributed by atoms with Crippen LogP contribution in [0.15, 0.2) is 12.1 Å². The number of nitrogens with one attached hydrogen (secondary N) is 2. The van der Waals surface area contributed by atoms with Gasteiger partial charge < -0.3 is 20.7 Å². The maximum atomic E-state index is 13.2. The van der Waals surface area contributed by atoms with Crippen molar-refractivity contribution in [3.8, 4) is 0 Å². The molecule has 1 aliphatic heterocycles. The summed E-state index contributed by atoms with van der Waals surface area (Å²) in [6.45, 7) is 0.752. The molecule has 2 rings (SSSR count). The van der Waals surface area contributed by atoms with Gasteiger partial charge in [0, 0.05) is 38.8 Å². The number of nitrogens with zero attached hydrogens (tertiary/aromatic N) is 3. The molecule has 0 bridgehead atoms. The maximum Gasteiger partial charge on any atom is 0.405 e. The number of carbonyl (C=O) groups is 1. The highest BCUT2D eigenvalue weighted by Gasteiger charge is 2.44. The molecule has 0 aliphatic carbocycles. The summed E-state index contributed by atoms with van der Waals surface area (Å²) in [6, 6.07) is 0.548. The molecule has 0 spiro atoms. The number of hydrogen-bond donors (Lipinski definition) is 2. The van der Waals surface area contributed by atoms with Crippen LogP contribution in [0.3, 0.4) is 0 Å². The minimum absolute atomic E-state index is 0. The number of nitro groups is 1. The molecule has 25 heavy (non-hydrogen) atoms. The van der Waals surface area contributed by atoms with Crippen LogP contribution in [-0.2, 0) is 7.05 Å².